The summed E-state index contributed by atoms with van der Waals surface area (Å²) in [5.41, 5.74) is 7.12. The van der Waals surface area contributed by atoms with Crippen molar-refractivity contribution in [2.45, 2.75) is 37.9 Å². The van der Waals surface area contributed by atoms with Crippen molar-refractivity contribution in [3.8, 4) is 5.75 Å². The van der Waals surface area contributed by atoms with Crippen LogP contribution in [0.2, 0.25) is 0 Å². The maximum absolute atomic E-state index is 12.3. The molecule has 0 aliphatic carbocycles. The molecule has 0 aliphatic heterocycles. The number of aromatic hydroxyl groups is 1. The van der Waals surface area contributed by atoms with Crippen LogP contribution in [0.25, 0.3) is 0 Å². The molecule has 0 fully saturated rings. The van der Waals surface area contributed by atoms with Crippen molar-refractivity contribution in [3.05, 3.63) is 48.0 Å². The number of rotatable bonds is 9. The molecule has 1 aromatic heterocycles. The molecule has 10 heteroatoms. The van der Waals surface area contributed by atoms with Crippen LogP contribution in [0.1, 0.15) is 18.2 Å². The summed E-state index contributed by atoms with van der Waals surface area (Å²) in [5, 5.41) is 23.5. The van der Waals surface area contributed by atoms with Crippen LogP contribution in [0, 0.1) is 0 Å². The van der Waals surface area contributed by atoms with Gasteiger partial charge in [-0.3, -0.25) is 9.59 Å². The van der Waals surface area contributed by atoms with Gasteiger partial charge in [0.05, 0.1) is 12.4 Å². The van der Waals surface area contributed by atoms with Crippen LogP contribution in [-0.4, -0.2) is 56.1 Å². The zero-order valence-electron chi connectivity index (χ0n) is 15.3. The number of nitrogens with one attached hydrogen (secondary N) is 3. The number of hydrogen-bond donors (Lipinski definition) is 6. The summed E-state index contributed by atoms with van der Waals surface area (Å²) in [6, 6.07) is 2.95. The molecule has 2 rings (SSSR count). The molecular weight excluding hydrogens is 366 g/mol. The largest absolute Gasteiger partial charge is 0.508 e. The third-order valence-corrected chi connectivity index (χ3v) is 4.07. The lowest BCUT2D eigenvalue weighted by molar-refractivity contribution is -0.142. The van der Waals surface area contributed by atoms with Gasteiger partial charge >= 0.3 is 5.97 Å². The van der Waals surface area contributed by atoms with Gasteiger partial charge in [0.1, 0.15) is 17.8 Å². The molecule has 7 N–H and O–H groups in total. The number of amides is 2. The van der Waals surface area contributed by atoms with Crippen LogP contribution in [0.3, 0.4) is 0 Å². The van der Waals surface area contributed by atoms with Crippen molar-refractivity contribution in [1.29, 1.82) is 0 Å². The summed E-state index contributed by atoms with van der Waals surface area (Å²) in [4.78, 5) is 42.6. The lowest BCUT2D eigenvalue weighted by atomic mass is 10.1. The van der Waals surface area contributed by atoms with E-state index in [0.29, 0.717) is 11.3 Å². The standard InChI is InChI=1S/C18H23N5O5/c1-10(22-17(26)14(19)7-12-8-20-9-21-12)16(25)23-15(18(27)28)6-11-2-4-13(24)5-3-11/h2-5,8-10,14-15,24H,6-7,19H2,1H3,(H,20,21)(H,22,26)(H,23,25)(H,27,28)/t10-,14-,15-/m0/s1. The number of carboxylic acid groups (broad SMARTS) is 1. The molecule has 28 heavy (non-hydrogen) atoms. The number of phenols is 1. The third kappa shape index (κ3) is 6.09. The Morgan fingerprint density at radius 2 is 1.82 bits per heavy atom. The number of benzene rings is 1. The van der Waals surface area contributed by atoms with E-state index in [9.17, 15) is 24.6 Å². The Morgan fingerprint density at radius 1 is 1.14 bits per heavy atom. The second-order valence-corrected chi connectivity index (χ2v) is 6.39. The van der Waals surface area contributed by atoms with E-state index in [1.807, 2.05) is 0 Å². The zero-order valence-corrected chi connectivity index (χ0v) is 15.3. The third-order valence-electron chi connectivity index (χ3n) is 4.07. The number of hydrogen-bond acceptors (Lipinski definition) is 6. The van der Waals surface area contributed by atoms with Crippen LogP contribution in [0.4, 0.5) is 0 Å². The number of nitrogens with zero attached hydrogens (tertiary/aromatic N) is 1. The van der Waals surface area contributed by atoms with Gasteiger partial charge in [-0.2, -0.15) is 0 Å². The van der Waals surface area contributed by atoms with E-state index in [4.69, 9.17) is 5.73 Å². The minimum Gasteiger partial charge on any atom is -0.508 e. The van der Waals surface area contributed by atoms with Crippen molar-refractivity contribution >= 4 is 17.8 Å². The van der Waals surface area contributed by atoms with Crippen molar-refractivity contribution < 1.29 is 24.6 Å². The van der Waals surface area contributed by atoms with Gasteiger partial charge in [-0.1, -0.05) is 12.1 Å². The van der Waals surface area contributed by atoms with Gasteiger partial charge < -0.3 is 31.6 Å². The Hall–Kier alpha value is -3.40. The summed E-state index contributed by atoms with van der Waals surface area (Å²) in [6.45, 7) is 1.44. The van der Waals surface area contributed by atoms with Crippen LogP contribution in [-0.2, 0) is 27.2 Å². The predicted molar refractivity (Wildman–Crippen MR) is 99.2 cm³/mol. The molecule has 0 saturated heterocycles. The number of aromatic amines is 1. The second kappa shape index (κ2) is 9.51. The van der Waals surface area contributed by atoms with Crippen LogP contribution in [0.15, 0.2) is 36.8 Å². The minimum absolute atomic E-state index is 0.0291. The van der Waals surface area contributed by atoms with E-state index in [1.165, 1.54) is 25.4 Å². The summed E-state index contributed by atoms with van der Waals surface area (Å²) < 4.78 is 0. The first-order valence-corrected chi connectivity index (χ1v) is 8.60. The molecule has 0 unspecified atom stereocenters. The molecule has 10 nitrogen and oxygen atoms in total. The van der Waals surface area contributed by atoms with E-state index in [0.717, 1.165) is 0 Å². The fourth-order valence-electron chi connectivity index (χ4n) is 2.48. The molecule has 0 aliphatic rings. The Morgan fingerprint density at radius 3 is 2.39 bits per heavy atom. The van der Waals surface area contributed by atoms with Crippen molar-refractivity contribution in [2.75, 3.05) is 0 Å². The molecule has 150 valence electrons. The molecule has 2 aromatic rings. The molecule has 0 saturated carbocycles. The SMILES string of the molecule is C[C@H](NC(=O)[C@@H](N)Cc1cnc[nH]1)C(=O)N[C@@H](Cc1ccc(O)cc1)C(=O)O. The lowest BCUT2D eigenvalue weighted by Crippen LogP contribution is -2.54. The van der Waals surface area contributed by atoms with Gasteiger partial charge in [0.25, 0.3) is 0 Å². The Kier molecular flexibility index (Phi) is 7.10. The highest BCUT2D eigenvalue weighted by Crippen LogP contribution is 2.11. The molecule has 2 amide bonds. The maximum atomic E-state index is 12.3. The van der Waals surface area contributed by atoms with E-state index >= 15 is 0 Å². The first-order chi connectivity index (χ1) is 13.3. The number of H-pyrrole nitrogens is 1. The van der Waals surface area contributed by atoms with E-state index in [1.54, 1.807) is 18.3 Å². The van der Waals surface area contributed by atoms with Crippen LogP contribution >= 0.6 is 0 Å². The van der Waals surface area contributed by atoms with Gasteiger partial charge in [0, 0.05) is 24.7 Å². The highest BCUT2D eigenvalue weighted by atomic mass is 16.4. The van der Waals surface area contributed by atoms with Gasteiger partial charge in [0.2, 0.25) is 11.8 Å². The van der Waals surface area contributed by atoms with Gasteiger partial charge in [-0.15, -0.1) is 0 Å². The number of nitrogens with two attached hydrogens (primary N) is 1. The number of imidazole rings is 1. The molecule has 0 bridgehead atoms. The fourth-order valence-corrected chi connectivity index (χ4v) is 2.48. The summed E-state index contributed by atoms with van der Waals surface area (Å²) >= 11 is 0. The normalized spacial score (nSPS) is 13.9. The van der Waals surface area contributed by atoms with E-state index < -0.39 is 35.9 Å². The average molecular weight is 389 g/mol. The number of aromatic nitrogens is 2. The van der Waals surface area contributed by atoms with E-state index in [-0.39, 0.29) is 18.6 Å². The Labute approximate surface area is 161 Å². The van der Waals surface area contributed by atoms with Crippen molar-refractivity contribution in [1.82, 2.24) is 20.6 Å². The number of carbonyl (C=O) groups excluding carboxylic acids is 2. The Balaban J connectivity index is 1.89. The number of phenolic OH excluding ortho intramolecular Hbond substituents is 1. The quantitative estimate of drug-likeness (QED) is 0.329. The molecule has 0 spiro atoms. The van der Waals surface area contributed by atoms with E-state index in [2.05, 4.69) is 20.6 Å². The molecule has 1 aromatic carbocycles. The molecular formula is C18H23N5O5. The lowest BCUT2D eigenvalue weighted by Gasteiger charge is -2.20. The van der Waals surface area contributed by atoms with Crippen molar-refractivity contribution in [2.24, 2.45) is 5.73 Å². The van der Waals surface area contributed by atoms with Gasteiger partial charge in [-0.05, 0) is 24.6 Å². The van der Waals surface area contributed by atoms with Crippen LogP contribution < -0.4 is 16.4 Å². The fraction of sp³-hybridized carbons (Fsp3) is 0.333. The van der Waals surface area contributed by atoms with Crippen LogP contribution in [0.5, 0.6) is 5.75 Å². The molecule has 0 radical (unpaired) electrons. The maximum Gasteiger partial charge on any atom is 0.326 e. The second-order valence-electron chi connectivity index (χ2n) is 6.39. The number of aliphatic carboxylic acids is 1. The summed E-state index contributed by atoms with van der Waals surface area (Å²) in [7, 11) is 0. The summed E-state index contributed by atoms with van der Waals surface area (Å²) in [5.74, 6) is -2.34. The topological polar surface area (TPSA) is 170 Å². The zero-order chi connectivity index (χ0) is 20.7. The average Bonchev–Trinajstić information content (AvgIpc) is 3.15. The smallest absolute Gasteiger partial charge is 0.326 e. The highest BCUT2D eigenvalue weighted by Gasteiger charge is 2.25. The molecule has 3 atom stereocenters. The first-order valence-electron chi connectivity index (χ1n) is 8.60. The van der Waals surface area contributed by atoms with Gasteiger partial charge in [-0.25, -0.2) is 9.78 Å². The first kappa shape index (κ1) is 20.9. The minimum atomic E-state index is -1.21. The highest BCUT2D eigenvalue weighted by molar-refractivity contribution is 5.91. The summed E-state index contributed by atoms with van der Waals surface area (Å²) in [6.07, 6.45) is 3.26. The Bertz CT molecular complexity index is 806. The monoisotopic (exact) mass is 389 g/mol. The molecule has 1 heterocycles. The number of carboxylic acids is 1. The number of carbonyl (C=O) groups is 3. The van der Waals surface area contributed by atoms with Crippen molar-refractivity contribution in [3.63, 3.8) is 0 Å². The van der Waals surface area contributed by atoms with Gasteiger partial charge in [0.15, 0.2) is 0 Å². The predicted octanol–water partition coefficient (Wildman–Crippen LogP) is -0.698.